The topological polar surface area (TPSA) is 29.5 Å². The van der Waals surface area contributed by atoms with Crippen LogP contribution in [-0.2, 0) is 16.8 Å². The van der Waals surface area contributed by atoms with Crippen LogP contribution in [-0.4, -0.2) is 11.7 Å². The second-order valence-corrected chi connectivity index (χ2v) is 4.63. The summed E-state index contributed by atoms with van der Waals surface area (Å²) in [5, 5.41) is 9.86. The molecule has 1 N–H and O–H groups in total. The van der Waals surface area contributed by atoms with Crippen LogP contribution in [0.1, 0.15) is 30.5 Å². The van der Waals surface area contributed by atoms with Crippen molar-refractivity contribution in [3.05, 3.63) is 28.8 Å². The summed E-state index contributed by atoms with van der Waals surface area (Å²) in [5.74, 6) is 0.402. The van der Waals surface area contributed by atoms with Crippen molar-refractivity contribution in [2.24, 2.45) is 0 Å². The predicted molar refractivity (Wildman–Crippen MR) is 55.5 cm³/mol. The van der Waals surface area contributed by atoms with Crippen LogP contribution in [0.4, 0.5) is 0 Å². The van der Waals surface area contributed by atoms with E-state index in [0.717, 1.165) is 11.1 Å². The molecular formula is C12H16O2. The average Bonchev–Trinajstić information content (AvgIpc) is 2.10. The van der Waals surface area contributed by atoms with Gasteiger partial charge in [0.15, 0.2) is 0 Å². The molecule has 0 atom stereocenters. The standard InChI is InChI=1S/C12H16O2/c1-8-4-5-10(13)11-9(8)6-14-7-12(11,2)3/h4-5,13H,6-7H2,1-3H3. The van der Waals surface area contributed by atoms with E-state index in [-0.39, 0.29) is 5.41 Å². The van der Waals surface area contributed by atoms with Gasteiger partial charge in [-0.05, 0) is 24.1 Å². The Balaban J connectivity index is 2.67. The highest BCUT2D eigenvalue weighted by Gasteiger charge is 2.31. The number of rotatable bonds is 0. The summed E-state index contributed by atoms with van der Waals surface area (Å²) in [7, 11) is 0. The molecule has 0 radical (unpaired) electrons. The first kappa shape index (κ1) is 9.53. The lowest BCUT2D eigenvalue weighted by molar-refractivity contribution is 0.0623. The van der Waals surface area contributed by atoms with Crippen molar-refractivity contribution in [1.82, 2.24) is 0 Å². The molecule has 0 amide bonds. The second-order valence-electron chi connectivity index (χ2n) is 4.63. The Labute approximate surface area is 84.5 Å². The molecule has 0 saturated carbocycles. The van der Waals surface area contributed by atoms with Crippen LogP contribution in [0.25, 0.3) is 0 Å². The van der Waals surface area contributed by atoms with E-state index in [4.69, 9.17) is 4.74 Å². The second kappa shape index (κ2) is 2.99. The van der Waals surface area contributed by atoms with Crippen LogP contribution in [0, 0.1) is 6.92 Å². The van der Waals surface area contributed by atoms with Crippen molar-refractivity contribution >= 4 is 0 Å². The number of aromatic hydroxyl groups is 1. The number of hydrogen-bond donors (Lipinski definition) is 1. The molecule has 0 aromatic heterocycles. The highest BCUT2D eigenvalue weighted by molar-refractivity contribution is 5.48. The van der Waals surface area contributed by atoms with Gasteiger partial charge in [-0.25, -0.2) is 0 Å². The Morgan fingerprint density at radius 1 is 1.36 bits per heavy atom. The molecule has 0 aliphatic carbocycles. The normalized spacial score (nSPS) is 19.1. The fourth-order valence-corrected chi connectivity index (χ4v) is 2.16. The molecule has 2 heteroatoms. The first-order chi connectivity index (χ1) is 6.52. The molecule has 1 aliphatic rings. The summed E-state index contributed by atoms with van der Waals surface area (Å²) in [6, 6.07) is 3.72. The third kappa shape index (κ3) is 1.30. The fraction of sp³-hybridized carbons (Fsp3) is 0.500. The third-order valence-corrected chi connectivity index (χ3v) is 2.91. The Bertz CT molecular complexity index is 367. The predicted octanol–water partition coefficient (Wildman–Crippen LogP) is 2.51. The molecule has 0 fully saturated rings. The Kier molecular flexibility index (Phi) is 2.04. The molecule has 2 nitrogen and oxygen atoms in total. The summed E-state index contributed by atoms with van der Waals surface area (Å²) >= 11 is 0. The van der Waals surface area contributed by atoms with Gasteiger partial charge >= 0.3 is 0 Å². The molecule has 1 aromatic rings. The number of benzene rings is 1. The van der Waals surface area contributed by atoms with Crippen molar-refractivity contribution in [3.63, 3.8) is 0 Å². The van der Waals surface area contributed by atoms with E-state index < -0.39 is 0 Å². The lowest BCUT2D eigenvalue weighted by atomic mass is 9.79. The van der Waals surface area contributed by atoms with Gasteiger partial charge in [-0.2, -0.15) is 0 Å². The van der Waals surface area contributed by atoms with Crippen LogP contribution < -0.4 is 0 Å². The SMILES string of the molecule is Cc1ccc(O)c2c1COCC2(C)C. The molecule has 1 aromatic carbocycles. The van der Waals surface area contributed by atoms with Gasteiger partial charge < -0.3 is 9.84 Å². The lowest BCUT2D eigenvalue weighted by Gasteiger charge is -2.33. The Morgan fingerprint density at radius 2 is 2.07 bits per heavy atom. The van der Waals surface area contributed by atoms with Crippen molar-refractivity contribution in [2.75, 3.05) is 6.61 Å². The molecule has 0 saturated heterocycles. The highest BCUT2D eigenvalue weighted by atomic mass is 16.5. The van der Waals surface area contributed by atoms with Crippen LogP contribution in [0.3, 0.4) is 0 Å². The monoisotopic (exact) mass is 192 g/mol. The van der Waals surface area contributed by atoms with Gasteiger partial charge in [0.1, 0.15) is 5.75 Å². The van der Waals surface area contributed by atoms with Crippen molar-refractivity contribution in [1.29, 1.82) is 0 Å². The smallest absolute Gasteiger partial charge is 0.119 e. The number of ether oxygens (including phenoxy) is 1. The van der Waals surface area contributed by atoms with Crippen LogP contribution in [0.15, 0.2) is 12.1 Å². The van der Waals surface area contributed by atoms with Gasteiger partial charge in [0.2, 0.25) is 0 Å². The van der Waals surface area contributed by atoms with Gasteiger partial charge in [0.25, 0.3) is 0 Å². The minimum absolute atomic E-state index is 0.0797. The number of phenols is 1. The van der Waals surface area contributed by atoms with E-state index >= 15 is 0 Å². The van der Waals surface area contributed by atoms with Crippen LogP contribution in [0.5, 0.6) is 5.75 Å². The summed E-state index contributed by atoms with van der Waals surface area (Å²) in [5.41, 5.74) is 3.33. The van der Waals surface area contributed by atoms with E-state index in [1.807, 2.05) is 6.07 Å². The largest absolute Gasteiger partial charge is 0.508 e. The maximum Gasteiger partial charge on any atom is 0.119 e. The first-order valence-corrected chi connectivity index (χ1v) is 4.92. The summed E-state index contributed by atoms with van der Waals surface area (Å²) in [4.78, 5) is 0. The molecule has 76 valence electrons. The number of fused-ring (bicyclic) bond motifs is 1. The zero-order valence-corrected chi connectivity index (χ0v) is 8.92. The van der Waals surface area contributed by atoms with E-state index in [2.05, 4.69) is 20.8 Å². The summed E-state index contributed by atoms with van der Waals surface area (Å²) < 4.78 is 5.54. The van der Waals surface area contributed by atoms with Crippen LogP contribution in [0.2, 0.25) is 0 Å². The number of phenolic OH excluding ortho intramolecular Hbond substituents is 1. The third-order valence-electron chi connectivity index (χ3n) is 2.91. The van der Waals surface area contributed by atoms with Gasteiger partial charge in [-0.15, -0.1) is 0 Å². The van der Waals surface area contributed by atoms with Gasteiger partial charge in [-0.3, -0.25) is 0 Å². The Morgan fingerprint density at radius 3 is 2.71 bits per heavy atom. The maximum absolute atomic E-state index is 9.86. The minimum Gasteiger partial charge on any atom is -0.508 e. The minimum atomic E-state index is -0.0797. The Hall–Kier alpha value is -1.02. The molecule has 1 heterocycles. The fourth-order valence-electron chi connectivity index (χ4n) is 2.16. The van der Waals surface area contributed by atoms with E-state index in [0.29, 0.717) is 19.0 Å². The highest BCUT2D eigenvalue weighted by Crippen LogP contribution is 2.39. The van der Waals surface area contributed by atoms with E-state index in [9.17, 15) is 5.11 Å². The zero-order chi connectivity index (χ0) is 10.3. The molecule has 1 aliphatic heterocycles. The van der Waals surface area contributed by atoms with E-state index in [1.54, 1.807) is 6.07 Å². The van der Waals surface area contributed by atoms with Gasteiger partial charge in [0.05, 0.1) is 13.2 Å². The van der Waals surface area contributed by atoms with Crippen molar-refractivity contribution < 1.29 is 9.84 Å². The molecule has 0 bridgehead atoms. The van der Waals surface area contributed by atoms with Gasteiger partial charge in [0, 0.05) is 11.0 Å². The maximum atomic E-state index is 9.86. The summed E-state index contributed by atoms with van der Waals surface area (Å²) in [6.07, 6.45) is 0. The quantitative estimate of drug-likeness (QED) is 0.684. The number of aryl methyl sites for hydroxylation is 1. The van der Waals surface area contributed by atoms with Gasteiger partial charge in [-0.1, -0.05) is 19.9 Å². The summed E-state index contributed by atoms with van der Waals surface area (Å²) in [6.45, 7) is 7.56. The van der Waals surface area contributed by atoms with Crippen LogP contribution >= 0.6 is 0 Å². The first-order valence-electron chi connectivity index (χ1n) is 4.92. The van der Waals surface area contributed by atoms with E-state index in [1.165, 1.54) is 5.56 Å². The molecular weight excluding hydrogens is 176 g/mol. The lowest BCUT2D eigenvalue weighted by Crippen LogP contribution is -2.30. The molecule has 2 rings (SSSR count). The van der Waals surface area contributed by atoms with Crippen molar-refractivity contribution in [3.8, 4) is 5.75 Å². The molecule has 0 spiro atoms. The average molecular weight is 192 g/mol. The van der Waals surface area contributed by atoms with Crippen molar-refractivity contribution in [2.45, 2.75) is 32.8 Å². The number of hydrogen-bond acceptors (Lipinski definition) is 2. The molecule has 14 heavy (non-hydrogen) atoms. The zero-order valence-electron chi connectivity index (χ0n) is 8.92. The molecule has 0 unspecified atom stereocenters.